The number of nitrogens with zero attached hydrogens (tertiary/aromatic N) is 4. The minimum atomic E-state index is -0.374. The molecule has 1 aliphatic heterocycles. The van der Waals surface area contributed by atoms with Crippen LogP contribution in [0.1, 0.15) is 26.2 Å². The molecule has 1 fully saturated rings. The first-order valence-electron chi connectivity index (χ1n) is 12.3. The highest BCUT2D eigenvalue weighted by atomic mass is 32.1. The van der Waals surface area contributed by atoms with Crippen molar-refractivity contribution in [3.63, 3.8) is 0 Å². The fraction of sp³-hybridized carbons (Fsp3) is 0.250. The van der Waals surface area contributed by atoms with E-state index in [2.05, 4.69) is 63.3 Å². The van der Waals surface area contributed by atoms with Gasteiger partial charge >= 0.3 is 0 Å². The van der Waals surface area contributed by atoms with Crippen LogP contribution in [0.25, 0.3) is 10.6 Å². The van der Waals surface area contributed by atoms with Gasteiger partial charge in [-0.05, 0) is 48.5 Å². The molecule has 1 saturated heterocycles. The Kier molecular flexibility index (Phi) is 8.15. The molecular formula is C28H30N6OS2. The van der Waals surface area contributed by atoms with Crippen molar-refractivity contribution in [3.05, 3.63) is 95.0 Å². The van der Waals surface area contributed by atoms with Crippen molar-refractivity contribution in [2.75, 3.05) is 38.5 Å². The number of nitrogens with one attached hydrogen (secondary N) is 2. The monoisotopic (exact) mass is 530 g/mol. The van der Waals surface area contributed by atoms with Gasteiger partial charge in [-0.3, -0.25) is 9.69 Å². The van der Waals surface area contributed by atoms with Gasteiger partial charge in [0.25, 0.3) is 5.91 Å². The summed E-state index contributed by atoms with van der Waals surface area (Å²) in [6.07, 6.45) is 1.73. The third-order valence-electron chi connectivity index (χ3n) is 6.31. The van der Waals surface area contributed by atoms with Gasteiger partial charge in [0, 0.05) is 44.6 Å². The van der Waals surface area contributed by atoms with Crippen molar-refractivity contribution >= 4 is 41.5 Å². The zero-order chi connectivity index (χ0) is 25.6. The number of thiol groups is 1. The number of piperazine rings is 1. The zero-order valence-corrected chi connectivity index (χ0v) is 22.4. The van der Waals surface area contributed by atoms with E-state index in [1.807, 2.05) is 54.6 Å². The molecule has 2 aromatic heterocycles. The van der Waals surface area contributed by atoms with E-state index in [4.69, 9.17) is 4.98 Å². The second kappa shape index (κ2) is 11.9. The maximum atomic E-state index is 12.8. The van der Waals surface area contributed by atoms with Gasteiger partial charge in [-0.1, -0.05) is 42.5 Å². The Bertz CT molecular complexity index is 1340. The van der Waals surface area contributed by atoms with Crippen molar-refractivity contribution in [2.45, 2.75) is 11.9 Å². The van der Waals surface area contributed by atoms with E-state index in [0.29, 0.717) is 10.8 Å². The number of carbonyl (C=O) groups is 1. The standard InChI is InChI=1S/C28H30N6OS2/c1-33-14-16-34(17-15-33)19-20-6-5-9-22(18-20)30-28-29-13-12-23(31-28)24-10-11-25(37-24)26(35)32-27(36)21-7-3-2-4-8-21/h2-13,18,27,36H,14-17,19H2,1H3,(H,32,35)(H,29,30,31)/t27-/m1/s1. The van der Waals surface area contributed by atoms with Gasteiger partial charge < -0.3 is 15.5 Å². The molecule has 9 heteroatoms. The third-order valence-corrected chi connectivity index (χ3v) is 7.84. The molecule has 3 heterocycles. The molecule has 1 aliphatic rings. The largest absolute Gasteiger partial charge is 0.336 e. The van der Waals surface area contributed by atoms with E-state index in [-0.39, 0.29) is 11.3 Å². The lowest BCUT2D eigenvalue weighted by molar-refractivity contribution is 0.0954. The molecule has 0 saturated carbocycles. The van der Waals surface area contributed by atoms with Crippen LogP contribution in [-0.2, 0) is 6.54 Å². The first-order chi connectivity index (χ1) is 18.0. The Morgan fingerprint density at radius 2 is 1.84 bits per heavy atom. The molecule has 1 amide bonds. The molecule has 5 rings (SSSR count). The summed E-state index contributed by atoms with van der Waals surface area (Å²) in [4.78, 5) is 28.2. The predicted molar refractivity (Wildman–Crippen MR) is 153 cm³/mol. The van der Waals surface area contributed by atoms with Crippen LogP contribution in [0.15, 0.2) is 79.0 Å². The van der Waals surface area contributed by atoms with Crippen molar-refractivity contribution in [3.8, 4) is 10.6 Å². The van der Waals surface area contributed by atoms with Crippen LogP contribution < -0.4 is 10.6 Å². The number of amides is 1. The van der Waals surface area contributed by atoms with E-state index in [9.17, 15) is 4.79 Å². The number of likely N-dealkylation sites (N-methyl/N-ethyl adjacent to an activating group) is 1. The molecule has 0 radical (unpaired) electrons. The summed E-state index contributed by atoms with van der Waals surface area (Å²) in [6, 6.07) is 23.7. The fourth-order valence-electron chi connectivity index (χ4n) is 4.21. The first-order valence-corrected chi connectivity index (χ1v) is 13.6. The topological polar surface area (TPSA) is 73.4 Å². The number of anilines is 2. The van der Waals surface area contributed by atoms with Gasteiger partial charge in [0.2, 0.25) is 5.95 Å². The second-order valence-corrected chi connectivity index (χ2v) is 10.7. The molecule has 0 unspecified atom stereocenters. The molecule has 190 valence electrons. The molecule has 0 aliphatic carbocycles. The number of hydrogen-bond donors (Lipinski definition) is 3. The van der Waals surface area contributed by atoms with Crippen LogP contribution in [0.5, 0.6) is 0 Å². The lowest BCUT2D eigenvalue weighted by atomic mass is 10.1. The number of thiophene rings is 1. The molecule has 1 atom stereocenters. The van der Waals surface area contributed by atoms with Crippen molar-refractivity contribution in [1.29, 1.82) is 0 Å². The Morgan fingerprint density at radius 3 is 2.65 bits per heavy atom. The Labute approximate surface area is 227 Å². The van der Waals surface area contributed by atoms with E-state index in [0.717, 1.165) is 54.5 Å². The van der Waals surface area contributed by atoms with Crippen LogP contribution in [0.2, 0.25) is 0 Å². The molecular weight excluding hydrogens is 500 g/mol. The average molecular weight is 531 g/mol. The summed E-state index contributed by atoms with van der Waals surface area (Å²) in [5, 5.41) is 5.91. The second-order valence-electron chi connectivity index (χ2n) is 9.12. The van der Waals surface area contributed by atoms with Gasteiger partial charge in [-0.15, -0.1) is 24.0 Å². The van der Waals surface area contributed by atoms with Crippen LogP contribution in [0.3, 0.4) is 0 Å². The van der Waals surface area contributed by atoms with Crippen molar-refractivity contribution < 1.29 is 4.79 Å². The maximum Gasteiger partial charge on any atom is 0.262 e. The lowest BCUT2D eigenvalue weighted by Crippen LogP contribution is -2.43. The van der Waals surface area contributed by atoms with Crippen LogP contribution in [-0.4, -0.2) is 58.9 Å². The Hall–Kier alpha value is -3.24. The Morgan fingerprint density at radius 1 is 1.03 bits per heavy atom. The van der Waals surface area contributed by atoms with Gasteiger partial charge in [0.05, 0.1) is 20.8 Å². The van der Waals surface area contributed by atoms with Crippen LogP contribution >= 0.6 is 24.0 Å². The van der Waals surface area contributed by atoms with E-state index >= 15 is 0 Å². The summed E-state index contributed by atoms with van der Waals surface area (Å²) in [5.41, 5.74) is 3.92. The highest BCUT2D eigenvalue weighted by Crippen LogP contribution is 2.28. The number of hydrogen-bond acceptors (Lipinski definition) is 8. The third kappa shape index (κ3) is 6.75. The van der Waals surface area contributed by atoms with Crippen molar-refractivity contribution in [2.24, 2.45) is 0 Å². The van der Waals surface area contributed by atoms with Crippen molar-refractivity contribution in [1.82, 2.24) is 25.1 Å². The molecule has 4 aromatic rings. The summed E-state index contributed by atoms with van der Waals surface area (Å²) >= 11 is 5.93. The molecule has 2 N–H and O–H groups in total. The summed E-state index contributed by atoms with van der Waals surface area (Å²) in [7, 11) is 2.17. The minimum Gasteiger partial charge on any atom is -0.336 e. The smallest absolute Gasteiger partial charge is 0.262 e. The minimum absolute atomic E-state index is 0.162. The number of rotatable bonds is 8. The molecule has 0 spiro atoms. The summed E-state index contributed by atoms with van der Waals surface area (Å²) in [6.45, 7) is 5.31. The van der Waals surface area contributed by atoms with Gasteiger partial charge in [-0.2, -0.15) is 0 Å². The Balaban J connectivity index is 1.23. The summed E-state index contributed by atoms with van der Waals surface area (Å²) < 4.78 is 0. The number of carbonyl (C=O) groups excluding carboxylic acids is 1. The predicted octanol–water partition coefficient (Wildman–Crippen LogP) is 5.05. The van der Waals surface area contributed by atoms with Crippen LogP contribution in [0.4, 0.5) is 11.6 Å². The molecule has 0 bridgehead atoms. The van der Waals surface area contributed by atoms with Crippen LogP contribution in [0, 0.1) is 0 Å². The van der Waals surface area contributed by atoms with Gasteiger partial charge in [0.1, 0.15) is 0 Å². The highest BCUT2D eigenvalue weighted by Gasteiger charge is 2.16. The number of aromatic nitrogens is 2. The quantitative estimate of drug-likeness (QED) is 0.219. The zero-order valence-electron chi connectivity index (χ0n) is 20.7. The fourth-order valence-corrected chi connectivity index (χ4v) is 5.38. The normalized spacial score (nSPS) is 15.3. The highest BCUT2D eigenvalue weighted by molar-refractivity contribution is 7.80. The first kappa shape index (κ1) is 25.4. The average Bonchev–Trinajstić information content (AvgIpc) is 3.42. The van der Waals surface area contributed by atoms with E-state index in [1.165, 1.54) is 16.9 Å². The number of benzene rings is 2. The lowest BCUT2D eigenvalue weighted by Gasteiger charge is -2.32. The summed E-state index contributed by atoms with van der Waals surface area (Å²) in [5.74, 6) is 0.359. The van der Waals surface area contributed by atoms with E-state index < -0.39 is 0 Å². The van der Waals surface area contributed by atoms with E-state index in [1.54, 1.807) is 6.20 Å². The SMILES string of the molecule is CN1CCN(Cc2cccc(Nc3nccc(-c4ccc(C(=O)N[C@H](S)c5ccccc5)s4)n3)c2)CC1. The molecule has 37 heavy (non-hydrogen) atoms. The molecule has 7 nitrogen and oxygen atoms in total. The van der Waals surface area contributed by atoms with Gasteiger partial charge in [0.15, 0.2) is 0 Å². The van der Waals surface area contributed by atoms with Gasteiger partial charge in [-0.25, -0.2) is 9.97 Å². The molecule has 2 aromatic carbocycles. The maximum absolute atomic E-state index is 12.8.